The van der Waals surface area contributed by atoms with Crippen LogP contribution in [-0.2, 0) is 9.47 Å². The molecule has 1 atom stereocenters. The first-order valence-electron chi connectivity index (χ1n) is 7.99. The van der Waals surface area contributed by atoms with Gasteiger partial charge in [-0.25, -0.2) is 0 Å². The minimum absolute atomic E-state index is 0.539. The number of hydrogen-bond acceptors (Lipinski definition) is 5. The summed E-state index contributed by atoms with van der Waals surface area (Å²) < 4.78 is 22.3. The van der Waals surface area contributed by atoms with Crippen LogP contribution in [0.3, 0.4) is 0 Å². The highest BCUT2D eigenvalue weighted by atomic mass is 16.7. The number of hydrogen-bond donors (Lipinski definition) is 1. The minimum Gasteiger partial charge on any atom is -0.493 e. The van der Waals surface area contributed by atoms with Crippen molar-refractivity contribution in [2.24, 2.45) is 0 Å². The van der Waals surface area contributed by atoms with Gasteiger partial charge in [0.25, 0.3) is 0 Å². The van der Waals surface area contributed by atoms with Crippen LogP contribution < -0.4 is 9.47 Å². The third kappa shape index (κ3) is 3.09. The summed E-state index contributed by atoms with van der Waals surface area (Å²) in [5.74, 6) is 0.841. The Morgan fingerprint density at radius 3 is 2.43 bits per heavy atom. The van der Waals surface area contributed by atoms with Gasteiger partial charge in [-0.1, -0.05) is 6.07 Å². The average molecular weight is 320 g/mol. The Morgan fingerprint density at radius 1 is 1.13 bits per heavy atom. The molecule has 1 aromatic rings. The van der Waals surface area contributed by atoms with Gasteiger partial charge in [0, 0.05) is 12.8 Å². The van der Waals surface area contributed by atoms with Crippen molar-refractivity contribution in [1.82, 2.24) is 0 Å². The van der Waals surface area contributed by atoms with Crippen LogP contribution in [0.1, 0.15) is 31.7 Å². The van der Waals surface area contributed by atoms with Crippen molar-refractivity contribution in [2.45, 2.75) is 38.1 Å². The third-order valence-corrected chi connectivity index (χ3v) is 4.65. The van der Waals surface area contributed by atoms with E-state index in [1.165, 1.54) is 0 Å². The molecular formula is C18H24O5. The van der Waals surface area contributed by atoms with Crippen molar-refractivity contribution in [3.63, 3.8) is 0 Å². The summed E-state index contributed by atoms with van der Waals surface area (Å²) in [4.78, 5) is 0. The zero-order chi connectivity index (χ0) is 16.4. The normalized spacial score (nSPS) is 21.6. The fourth-order valence-electron chi connectivity index (χ4n) is 3.46. The Morgan fingerprint density at radius 2 is 1.83 bits per heavy atom. The smallest absolute Gasteiger partial charge is 0.172 e. The molecule has 3 rings (SSSR count). The Kier molecular flexibility index (Phi) is 4.62. The molecule has 0 unspecified atom stereocenters. The van der Waals surface area contributed by atoms with Crippen LogP contribution in [0.4, 0.5) is 0 Å². The van der Waals surface area contributed by atoms with E-state index in [4.69, 9.17) is 18.9 Å². The van der Waals surface area contributed by atoms with Gasteiger partial charge in [-0.2, -0.15) is 0 Å². The van der Waals surface area contributed by atoms with Gasteiger partial charge in [0.2, 0.25) is 0 Å². The molecule has 126 valence electrons. The van der Waals surface area contributed by atoms with Crippen LogP contribution in [0.15, 0.2) is 23.8 Å². The van der Waals surface area contributed by atoms with E-state index in [1.54, 1.807) is 21.1 Å². The van der Waals surface area contributed by atoms with Crippen molar-refractivity contribution < 1.29 is 24.1 Å². The maximum Gasteiger partial charge on any atom is 0.172 e. The zero-order valence-electron chi connectivity index (χ0n) is 13.9. The van der Waals surface area contributed by atoms with Crippen LogP contribution in [-0.4, -0.2) is 44.4 Å². The predicted molar refractivity (Wildman–Crippen MR) is 86.6 cm³/mol. The molecule has 1 aromatic carbocycles. The van der Waals surface area contributed by atoms with E-state index in [-0.39, 0.29) is 0 Å². The summed E-state index contributed by atoms with van der Waals surface area (Å²) >= 11 is 0. The first-order valence-corrected chi connectivity index (χ1v) is 7.99. The van der Waals surface area contributed by atoms with Gasteiger partial charge in [-0.15, -0.1) is 0 Å². The van der Waals surface area contributed by atoms with E-state index < -0.39 is 11.9 Å². The van der Waals surface area contributed by atoms with Crippen LogP contribution >= 0.6 is 0 Å². The minimum atomic E-state index is -0.549. The molecule has 0 amide bonds. The summed E-state index contributed by atoms with van der Waals surface area (Å²) in [5.41, 5.74) is 3.17. The quantitative estimate of drug-likeness (QED) is 0.924. The van der Waals surface area contributed by atoms with E-state index in [9.17, 15) is 5.11 Å². The Hall–Kier alpha value is -1.56. The second-order valence-electron chi connectivity index (χ2n) is 6.03. The Bertz CT molecular complexity index is 599. The largest absolute Gasteiger partial charge is 0.493 e. The fourth-order valence-corrected chi connectivity index (χ4v) is 3.46. The second-order valence-corrected chi connectivity index (χ2v) is 6.03. The molecular weight excluding hydrogens is 296 g/mol. The van der Waals surface area contributed by atoms with Gasteiger partial charge in [0.15, 0.2) is 17.3 Å². The van der Waals surface area contributed by atoms with E-state index in [1.807, 2.05) is 18.2 Å². The van der Waals surface area contributed by atoms with Gasteiger partial charge in [0.1, 0.15) is 0 Å². The van der Waals surface area contributed by atoms with Gasteiger partial charge < -0.3 is 24.1 Å². The van der Waals surface area contributed by atoms with Gasteiger partial charge >= 0.3 is 0 Å². The van der Waals surface area contributed by atoms with E-state index in [0.29, 0.717) is 31.1 Å². The van der Waals surface area contributed by atoms with Gasteiger partial charge in [-0.3, -0.25) is 0 Å². The van der Waals surface area contributed by atoms with Gasteiger partial charge in [0.05, 0.1) is 33.5 Å². The van der Waals surface area contributed by atoms with Crippen molar-refractivity contribution in [3.05, 3.63) is 29.3 Å². The topological polar surface area (TPSA) is 57.2 Å². The summed E-state index contributed by atoms with van der Waals surface area (Å²) in [6.07, 6.45) is 1.67. The van der Waals surface area contributed by atoms with Crippen LogP contribution in [0.5, 0.6) is 11.5 Å². The van der Waals surface area contributed by atoms with Crippen LogP contribution in [0.2, 0.25) is 0 Å². The Labute approximate surface area is 136 Å². The SMILES string of the molecule is COc1ccc(C2=C([C@H](C)O)CC3(CC2)OCCO3)cc1OC. The van der Waals surface area contributed by atoms with Crippen LogP contribution in [0.25, 0.3) is 5.57 Å². The molecule has 1 aliphatic heterocycles. The highest BCUT2D eigenvalue weighted by Crippen LogP contribution is 2.44. The fraction of sp³-hybridized carbons (Fsp3) is 0.556. The lowest BCUT2D eigenvalue weighted by atomic mass is 9.81. The molecule has 0 bridgehead atoms. The predicted octanol–water partition coefficient (Wildman–Crippen LogP) is 2.77. The molecule has 2 aliphatic rings. The standard InChI is InChI=1S/C18H24O5/c1-12(19)15-11-18(22-8-9-23-18)7-6-14(15)13-4-5-16(20-2)17(10-13)21-3/h4-5,10,12,19H,6-9,11H2,1-3H3/t12-/m0/s1. The average Bonchev–Trinajstić information content (AvgIpc) is 3.02. The van der Waals surface area contributed by atoms with Crippen LogP contribution in [0, 0.1) is 0 Å². The molecule has 0 radical (unpaired) electrons. The van der Waals surface area contributed by atoms with E-state index in [2.05, 4.69) is 0 Å². The molecule has 5 nitrogen and oxygen atoms in total. The van der Waals surface area contributed by atoms with Crippen molar-refractivity contribution in [3.8, 4) is 11.5 Å². The molecule has 1 saturated heterocycles. The molecule has 0 aromatic heterocycles. The first kappa shape index (κ1) is 16.3. The lowest BCUT2D eigenvalue weighted by Crippen LogP contribution is -2.35. The summed E-state index contributed by atoms with van der Waals surface area (Å²) in [5, 5.41) is 10.3. The van der Waals surface area contributed by atoms with E-state index in [0.717, 1.165) is 29.6 Å². The maximum absolute atomic E-state index is 10.3. The number of rotatable bonds is 4. The number of aliphatic hydroxyl groups is 1. The number of aliphatic hydroxyl groups excluding tert-OH is 1. The number of ether oxygens (including phenoxy) is 4. The highest BCUT2D eigenvalue weighted by Gasteiger charge is 2.41. The summed E-state index contributed by atoms with van der Waals surface area (Å²) in [7, 11) is 3.25. The van der Waals surface area contributed by atoms with Gasteiger partial charge in [-0.05, 0) is 42.2 Å². The van der Waals surface area contributed by atoms with E-state index >= 15 is 0 Å². The molecule has 1 spiro atoms. The lowest BCUT2D eigenvalue weighted by molar-refractivity contribution is -0.163. The maximum atomic E-state index is 10.3. The number of allylic oxidation sites excluding steroid dienone is 1. The molecule has 23 heavy (non-hydrogen) atoms. The highest BCUT2D eigenvalue weighted by molar-refractivity contribution is 5.72. The first-order chi connectivity index (χ1) is 11.1. The second kappa shape index (κ2) is 6.51. The van der Waals surface area contributed by atoms with Crippen molar-refractivity contribution in [1.29, 1.82) is 0 Å². The number of benzene rings is 1. The zero-order valence-corrected chi connectivity index (χ0v) is 13.9. The van der Waals surface area contributed by atoms with Crippen molar-refractivity contribution >= 4 is 5.57 Å². The lowest BCUT2D eigenvalue weighted by Gasteiger charge is -2.35. The Balaban J connectivity index is 1.99. The summed E-state index contributed by atoms with van der Waals surface area (Å²) in [6.45, 7) is 3.04. The molecule has 1 fully saturated rings. The third-order valence-electron chi connectivity index (χ3n) is 4.65. The molecule has 1 N–H and O–H groups in total. The molecule has 1 heterocycles. The monoisotopic (exact) mass is 320 g/mol. The van der Waals surface area contributed by atoms with Crippen molar-refractivity contribution in [2.75, 3.05) is 27.4 Å². The summed E-state index contributed by atoms with van der Waals surface area (Å²) in [6, 6.07) is 5.87. The molecule has 1 aliphatic carbocycles. The number of methoxy groups -OCH3 is 2. The molecule has 0 saturated carbocycles. The molecule has 5 heteroatoms.